The predicted molar refractivity (Wildman–Crippen MR) is 121 cm³/mol. The van der Waals surface area contributed by atoms with Gasteiger partial charge in [-0.25, -0.2) is 8.42 Å². The van der Waals surface area contributed by atoms with E-state index in [2.05, 4.69) is 16.3 Å². The van der Waals surface area contributed by atoms with Gasteiger partial charge in [-0.15, -0.1) is 0 Å². The average Bonchev–Trinajstić information content (AvgIpc) is 2.71. The minimum Gasteiger partial charge on any atom is -0.492 e. The Morgan fingerprint density at radius 1 is 1.00 bits per heavy atom. The molecule has 168 valence electrons. The highest BCUT2D eigenvalue weighted by molar-refractivity contribution is 7.89. The van der Waals surface area contributed by atoms with Gasteiger partial charge in [0.2, 0.25) is 10.0 Å². The first kappa shape index (κ1) is 23.2. The van der Waals surface area contributed by atoms with Crippen molar-refractivity contribution in [2.45, 2.75) is 25.7 Å². The Labute approximate surface area is 185 Å². The number of amides is 1. The molecule has 2 aromatic rings. The van der Waals surface area contributed by atoms with Crippen molar-refractivity contribution < 1.29 is 17.9 Å². The van der Waals surface area contributed by atoms with Gasteiger partial charge in [0.05, 0.1) is 11.4 Å². The molecule has 1 N–H and O–H groups in total. The molecule has 8 heteroatoms. The predicted octanol–water partition coefficient (Wildman–Crippen LogP) is 2.36. The van der Waals surface area contributed by atoms with Crippen molar-refractivity contribution in [3.8, 4) is 5.75 Å². The first-order chi connectivity index (χ1) is 14.7. The Bertz CT molecular complexity index is 1020. The van der Waals surface area contributed by atoms with Gasteiger partial charge in [0, 0.05) is 31.7 Å². The van der Waals surface area contributed by atoms with E-state index in [4.69, 9.17) is 4.74 Å². The van der Waals surface area contributed by atoms with Crippen LogP contribution in [0.15, 0.2) is 41.3 Å². The van der Waals surface area contributed by atoms with Gasteiger partial charge in [-0.05, 0) is 68.8 Å². The van der Waals surface area contributed by atoms with E-state index >= 15 is 0 Å². The highest BCUT2D eigenvalue weighted by Gasteiger charge is 2.28. The van der Waals surface area contributed by atoms with Crippen molar-refractivity contribution in [2.75, 3.05) is 46.4 Å². The molecule has 0 spiro atoms. The fraction of sp³-hybridized carbons (Fsp3) is 0.435. The third-order valence-electron chi connectivity index (χ3n) is 5.41. The van der Waals surface area contributed by atoms with Crippen LogP contribution < -0.4 is 10.1 Å². The lowest BCUT2D eigenvalue weighted by Gasteiger charge is -2.31. The van der Waals surface area contributed by atoms with Gasteiger partial charge in [0.25, 0.3) is 5.91 Å². The molecule has 1 heterocycles. The molecule has 0 bridgehead atoms. The summed E-state index contributed by atoms with van der Waals surface area (Å²) in [5.41, 5.74) is 3.33. The lowest BCUT2D eigenvalue weighted by atomic mass is 10.1. The number of sulfonamides is 1. The van der Waals surface area contributed by atoms with Crippen LogP contribution in [0.5, 0.6) is 5.75 Å². The summed E-state index contributed by atoms with van der Waals surface area (Å²) in [5, 5.41) is 2.82. The molecule has 2 aromatic carbocycles. The van der Waals surface area contributed by atoms with Gasteiger partial charge < -0.3 is 15.0 Å². The number of piperazine rings is 1. The van der Waals surface area contributed by atoms with E-state index < -0.39 is 10.0 Å². The van der Waals surface area contributed by atoms with Crippen LogP contribution in [0.25, 0.3) is 0 Å². The standard InChI is InChI=1S/C23H31N3O4S/c1-17-13-18(2)15-20(14-17)30-12-7-24-23(27)22-16-21(6-5-19(22)3)31(28,29)26-10-8-25(4)9-11-26/h5-6,13-16H,7-12H2,1-4H3,(H,24,27). The minimum atomic E-state index is -3.63. The first-order valence-electron chi connectivity index (χ1n) is 10.5. The summed E-state index contributed by atoms with van der Waals surface area (Å²) in [5.74, 6) is 0.458. The van der Waals surface area contributed by atoms with E-state index in [9.17, 15) is 13.2 Å². The average molecular weight is 446 g/mol. The van der Waals surface area contributed by atoms with E-state index in [0.29, 0.717) is 44.9 Å². The Balaban J connectivity index is 1.63. The van der Waals surface area contributed by atoms with Crippen molar-refractivity contribution in [3.05, 3.63) is 58.7 Å². The summed E-state index contributed by atoms with van der Waals surface area (Å²) in [6, 6.07) is 10.7. The molecule has 0 unspecified atom stereocenters. The van der Waals surface area contributed by atoms with Crippen LogP contribution in [0.2, 0.25) is 0 Å². The maximum absolute atomic E-state index is 13.0. The van der Waals surface area contributed by atoms with Crippen LogP contribution in [0.1, 0.15) is 27.0 Å². The van der Waals surface area contributed by atoms with Crippen molar-refractivity contribution in [1.29, 1.82) is 0 Å². The van der Waals surface area contributed by atoms with Crippen molar-refractivity contribution in [2.24, 2.45) is 0 Å². The number of likely N-dealkylation sites (N-methyl/N-ethyl adjacent to an activating group) is 1. The SMILES string of the molecule is Cc1cc(C)cc(OCCNC(=O)c2cc(S(=O)(=O)N3CCN(C)CC3)ccc2C)c1. The smallest absolute Gasteiger partial charge is 0.251 e. The van der Waals surface area contributed by atoms with E-state index in [0.717, 1.165) is 22.4 Å². The summed E-state index contributed by atoms with van der Waals surface area (Å²) in [6.07, 6.45) is 0. The highest BCUT2D eigenvalue weighted by Crippen LogP contribution is 2.21. The molecule has 1 amide bonds. The van der Waals surface area contributed by atoms with Crippen LogP contribution in [0, 0.1) is 20.8 Å². The zero-order valence-electron chi connectivity index (χ0n) is 18.6. The lowest BCUT2D eigenvalue weighted by Crippen LogP contribution is -2.47. The Kier molecular flexibility index (Phi) is 7.35. The fourth-order valence-corrected chi connectivity index (χ4v) is 5.08. The minimum absolute atomic E-state index is 0.152. The summed E-state index contributed by atoms with van der Waals surface area (Å²) in [4.78, 5) is 15.0. The molecule has 0 aliphatic carbocycles. The third-order valence-corrected chi connectivity index (χ3v) is 7.30. The number of hydrogen-bond donors (Lipinski definition) is 1. The fourth-order valence-electron chi connectivity index (χ4n) is 3.63. The van der Waals surface area contributed by atoms with Crippen molar-refractivity contribution in [1.82, 2.24) is 14.5 Å². The number of carbonyl (C=O) groups is 1. The molecule has 0 atom stereocenters. The zero-order chi connectivity index (χ0) is 22.6. The summed E-state index contributed by atoms with van der Waals surface area (Å²) in [7, 11) is -1.65. The van der Waals surface area contributed by atoms with E-state index in [1.807, 2.05) is 33.0 Å². The molecule has 1 fully saturated rings. The molecule has 7 nitrogen and oxygen atoms in total. The molecule has 1 aliphatic rings. The van der Waals surface area contributed by atoms with E-state index in [-0.39, 0.29) is 10.8 Å². The lowest BCUT2D eigenvalue weighted by molar-refractivity contribution is 0.0946. The van der Waals surface area contributed by atoms with Crippen LogP contribution in [0.3, 0.4) is 0 Å². The van der Waals surface area contributed by atoms with Crippen molar-refractivity contribution in [3.63, 3.8) is 0 Å². The number of hydrogen-bond acceptors (Lipinski definition) is 5. The van der Waals surface area contributed by atoms with E-state index in [1.165, 1.54) is 10.4 Å². The van der Waals surface area contributed by atoms with Gasteiger partial charge in [-0.2, -0.15) is 4.31 Å². The quantitative estimate of drug-likeness (QED) is 0.662. The maximum atomic E-state index is 13.0. The number of rotatable bonds is 7. The number of benzene rings is 2. The van der Waals surface area contributed by atoms with Crippen LogP contribution >= 0.6 is 0 Å². The summed E-state index contributed by atoms with van der Waals surface area (Å²) in [6.45, 7) is 8.74. The Morgan fingerprint density at radius 2 is 1.65 bits per heavy atom. The molecule has 1 saturated heterocycles. The highest BCUT2D eigenvalue weighted by atomic mass is 32.2. The number of carbonyl (C=O) groups excluding carboxylic acids is 1. The van der Waals surface area contributed by atoms with Crippen LogP contribution in [-0.2, 0) is 10.0 Å². The topological polar surface area (TPSA) is 78.9 Å². The maximum Gasteiger partial charge on any atom is 0.251 e. The zero-order valence-corrected chi connectivity index (χ0v) is 19.5. The third kappa shape index (κ3) is 5.84. The molecule has 0 aromatic heterocycles. The van der Waals surface area contributed by atoms with Crippen molar-refractivity contribution >= 4 is 15.9 Å². The largest absolute Gasteiger partial charge is 0.492 e. The molecule has 1 aliphatic heterocycles. The van der Waals surface area contributed by atoms with Gasteiger partial charge in [0.1, 0.15) is 12.4 Å². The molecular weight excluding hydrogens is 414 g/mol. The number of nitrogens with zero attached hydrogens (tertiary/aromatic N) is 2. The monoisotopic (exact) mass is 445 g/mol. The van der Waals surface area contributed by atoms with Gasteiger partial charge in [-0.3, -0.25) is 4.79 Å². The molecule has 31 heavy (non-hydrogen) atoms. The Hall–Kier alpha value is -2.42. The second-order valence-electron chi connectivity index (χ2n) is 8.11. The van der Waals surface area contributed by atoms with Gasteiger partial charge in [-0.1, -0.05) is 12.1 Å². The first-order valence-corrected chi connectivity index (χ1v) is 11.9. The van der Waals surface area contributed by atoms with Gasteiger partial charge >= 0.3 is 0 Å². The molecular formula is C23H31N3O4S. The van der Waals surface area contributed by atoms with Gasteiger partial charge in [0.15, 0.2) is 0 Å². The molecule has 0 saturated carbocycles. The van der Waals surface area contributed by atoms with Crippen LogP contribution in [-0.4, -0.2) is 69.9 Å². The normalized spacial score (nSPS) is 15.6. The second-order valence-corrected chi connectivity index (χ2v) is 10.0. The van der Waals surface area contributed by atoms with E-state index in [1.54, 1.807) is 19.1 Å². The van der Waals surface area contributed by atoms with Crippen LogP contribution in [0.4, 0.5) is 0 Å². The second kappa shape index (κ2) is 9.80. The number of nitrogens with one attached hydrogen (secondary N) is 1. The molecule has 0 radical (unpaired) electrons. The number of ether oxygens (including phenoxy) is 1. The molecule has 3 rings (SSSR count). The summed E-state index contributed by atoms with van der Waals surface area (Å²) >= 11 is 0. The Morgan fingerprint density at radius 3 is 2.29 bits per heavy atom. The summed E-state index contributed by atoms with van der Waals surface area (Å²) < 4.78 is 33.2. The number of aryl methyl sites for hydroxylation is 3.